The highest BCUT2D eigenvalue weighted by atomic mass is 35.5. The molecule has 0 amide bonds. The fourth-order valence-electron chi connectivity index (χ4n) is 4.38. The van der Waals surface area contributed by atoms with Gasteiger partial charge in [-0.25, -0.2) is 0 Å². The van der Waals surface area contributed by atoms with E-state index in [1.807, 2.05) is 0 Å². The normalized spacial score (nSPS) is 38.0. The third-order valence-electron chi connectivity index (χ3n) is 5.64. The number of hydrogen-bond acceptors (Lipinski definition) is 2. The Morgan fingerprint density at radius 1 is 0.900 bits per heavy atom. The topological polar surface area (TPSA) is 21.3 Å². The molecule has 3 atom stereocenters. The number of halogens is 1. The van der Waals surface area contributed by atoms with Crippen molar-refractivity contribution in [2.75, 3.05) is 6.54 Å². The fourth-order valence-corrected chi connectivity index (χ4v) is 4.75. The number of hydrogen-bond donors (Lipinski definition) is 1. The Balaban J connectivity index is 1.44. The molecule has 0 radical (unpaired) electrons. The van der Waals surface area contributed by atoms with Crippen LogP contribution in [0.4, 0.5) is 0 Å². The summed E-state index contributed by atoms with van der Waals surface area (Å²) in [6.45, 7) is 1.01. The van der Waals surface area contributed by atoms with Crippen LogP contribution in [-0.4, -0.2) is 29.7 Å². The third kappa shape index (κ3) is 3.69. The van der Waals surface area contributed by atoms with Gasteiger partial charge in [0, 0.05) is 18.0 Å². The van der Waals surface area contributed by atoms with Crippen molar-refractivity contribution in [3.63, 3.8) is 0 Å². The van der Waals surface area contributed by atoms with Crippen LogP contribution in [0.25, 0.3) is 0 Å². The van der Waals surface area contributed by atoms with Gasteiger partial charge < -0.3 is 10.1 Å². The molecule has 1 N–H and O–H groups in total. The first-order chi connectivity index (χ1) is 9.77. The molecule has 0 aromatic rings. The molecular weight excluding hydrogens is 270 g/mol. The van der Waals surface area contributed by atoms with Gasteiger partial charge in [0.05, 0.1) is 11.7 Å². The lowest BCUT2D eigenvalue weighted by molar-refractivity contribution is -0.0630. The van der Waals surface area contributed by atoms with Gasteiger partial charge in [-0.15, -0.1) is 11.6 Å². The molecule has 0 bridgehead atoms. The summed E-state index contributed by atoms with van der Waals surface area (Å²) in [4.78, 5) is 0. The summed E-state index contributed by atoms with van der Waals surface area (Å²) in [6.07, 6.45) is 16.1. The molecule has 3 unspecified atom stereocenters. The van der Waals surface area contributed by atoms with E-state index in [0.717, 1.165) is 6.54 Å². The molecular formula is C17H30ClNO. The standard InChI is InChI=1S/C17H30ClNO/c18-15-7-3-1-4-8-16(15)19-13-14-9-12-17(20-14)10-5-2-6-11-17/h14-16,19H,1-13H2. The van der Waals surface area contributed by atoms with Crippen LogP contribution in [0.3, 0.4) is 0 Å². The molecule has 1 saturated heterocycles. The Morgan fingerprint density at radius 2 is 1.65 bits per heavy atom. The molecule has 3 aliphatic rings. The predicted octanol–water partition coefficient (Wildman–Crippen LogP) is 4.40. The minimum atomic E-state index is 0.258. The SMILES string of the molecule is ClC1CCCCCC1NCC1CCC2(CCCCC2)O1. The summed E-state index contributed by atoms with van der Waals surface area (Å²) in [5.74, 6) is 0. The maximum Gasteiger partial charge on any atom is 0.0708 e. The summed E-state index contributed by atoms with van der Waals surface area (Å²) < 4.78 is 6.44. The van der Waals surface area contributed by atoms with Crippen molar-refractivity contribution in [3.05, 3.63) is 0 Å². The molecule has 116 valence electrons. The summed E-state index contributed by atoms with van der Waals surface area (Å²) >= 11 is 6.51. The van der Waals surface area contributed by atoms with Crippen molar-refractivity contribution in [3.8, 4) is 0 Å². The Labute approximate surface area is 129 Å². The van der Waals surface area contributed by atoms with E-state index in [-0.39, 0.29) is 5.60 Å². The maximum atomic E-state index is 6.51. The number of nitrogens with one attached hydrogen (secondary N) is 1. The minimum Gasteiger partial charge on any atom is -0.370 e. The maximum absolute atomic E-state index is 6.51. The van der Waals surface area contributed by atoms with Crippen LogP contribution in [0.5, 0.6) is 0 Å². The lowest BCUT2D eigenvalue weighted by Gasteiger charge is -2.33. The zero-order valence-corrected chi connectivity index (χ0v) is 13.5. The Bertz CT molecular complexity index is 303. The molecule has 20 heavy (non-hydrogen) atoms. The zero-order valence-electron chi connectivity index (χ0n) is 12.7. The van der Waals surface area contributed by atoms with Gasteiger partial charge in [0.2, 0.25) is 0 Å². The zero-order chi connectivity index (χ0) is 13.8. The Morgan fingerprint density at radius 3 is 2.50 bits per heavy atom. The first-order valence-corrected chi connectivity index (χ1v) is 9.26. The van der Waals surface area contributed by atoms with Gasteiger partial charge in [0.1, 0.15) is 0 Å². The van der Waals surface area contributed by atoms with Gasteiger partial charge in [-0.1, -0.05) is 38.5 Å². The fraction of sp³-hybridized carbons (Fsp3) is 1.00. The summed E-state index contributed by atoms with van der Waals surface area (Å²) in [5.41, 5.74) is 0.258. The second kappa shape index (κ2) is 6.98. The van der Waals surface area contributed by atoms with Gasteiger partial charge in [-0.3, -0.25) is 0 Å². The van der Waals surface area contributed by atoms with Gasteiger partial charge >= 0.3 is 0 Å². The first kappa shape index (κ1) is 15.1. The molecule has 1 spiro atoms. The number of ether oxygens (including phenoxy) is 1. The van der Waals surface area contributed by atoms with Gasteiger partial charge in [0.15, 0.2) is 0 Å². The Kier molecular flexibility index (Phi) is 5.28. The van der Waals surface area contributed by atoms with Crippen molar-refractivity contribution in [2.24, 2.45) is 0 Å². The molecule has 1 heterocycles. The Hall–Kier alpha value is 0.210. The quantitative estimate of drug-likeness (QED) is 0.616. The van der Waals surface area contributed by atoms with Crippen molar-refractivity contribution in [2.45, 2.75) is 100 Å². The lowest BCUT2D eigenvalue weighted by atomic mass is 9.83. The molecule has 0 aromatic heterocycles. The molecule has 3 fully saturated rings. The lowest BCUT2D eigenvalue weighted by Crippen LogP contribution is -2.41. The van der Waals surface area contributed by atoms with Gasteiger partial charge in [-0.2, -0.15) is 0 Å². The molecule has 2 nitrogen and oxygen atoms in total. The van der Waals surface area contributed by atoms with Crippen LogP contribution in [-0.2, 0) is 4.74 Å². The minimum absolute atomic E-state index is 0.258. The van der Waals surface area contributed by atoms with E-state index >= 15 is 0 Å². The van der Waals surface area contributed by atoms with Crippen molar-refractivity contribution >= 4 is 11.6 Å². The third-order valence-corrected chi connectivity index (χ3v) is 6.17. The van der Waals surface area contributed by atoms with Crippen molar-refractivity contribution in [1.82, 2.24) is 5.32 Å². The van der Waals surface area contributed by atoms with E-state index < -0.39 is 0 Å². The molecule has 2 saturated carbocycles. The molecule has 0 aromatic carbocycles. The highest BCUT2D eigenvalue weighted by Gasteiger charge is 2.40. The summed E-state index contributed by atoms with van der Waals surface area (Å²) in [7, 11) is 0. The van der Waals surface area contributed by atoms with Gasteiger partial charge in [-0.05, 0) is 38.5 Å². The monoisotopic (exact) mass is 299 g/mol. The van der Waals surface area contributed by atoms with Crippen LogP contribution >= 0.6 is 11.6 Å². The van der Waals surface area contributed by atoms with Crippen molar-refractivity contribution < 1.29 is 4.74 Å². The number of alkyl halides is 1. The van der Waals surface area contributed by atoms with E-state index in [1.54, 1.807) is 0 Å². The van der Waals surface area contributed by atoms with Crippen LogP contribution in [0, 0.1) is 0 Å². The second-order valence-electron chi connectivity index (χ2n) is 7.19. The molecule has 1 aliphatic heterocycles. The van der Waals surface area contributed by atoms with E-state index in [4.69, 9.17) is 16.3 Å². The average Bonchev–Trinajstić information content (AvgIpc) is 2.72. The van der Waals surface area contributed by atoms with Crippen LogP contribution in [0.15, 0.2) is 0 Å². The average molecular weight is 300 g/mol. The highest BCUT2D eigenvalue weighted by Crippen LogP contribution is 2.41. The molecule has 3 heteroatoms. The number of rotatable bonds is 3. The van der Waals surface area contributed by atoms with Crippen LogP contribution in [0.2, 0.25) is 0 Å². The van der Waals surface area contributed by atoms with Gasteiger partial charge in [0.25, 0.3) is 0 Å². The van der Waals surface area contributed by atoms with E-state index in [9.17, 15) is 0 Å². The van der Waals surface area contributed by atoms with E-state index in [0.29, 0.717) is 17.5 Å². The van der Waals surface area contributed by atoms with Crippen LogP contribution in [0.1, 0.15) is 77.0 Å². The molecule has 3 rings (SSSR count). The largest absolute Gasteiger partial charge is 0.370 e. The van der Waals surface area contributed by atoms with Crippen LogP contribution < -0.4 is 5.32 Å². The highest BCUT2D eigenvalue weighted by molar-refractivity contribution is 6.21. The van der Waals surface area contributed by atoms with Crippen molar-refractivity contribution in [1.29, 1.82) is 0 Å². The van der Waals surface area contributed by atoms with E-state index in [2.05, 4.69) is 5.32 Å². The van der Waals surface area contributed by atoms with E-state index in [1.165, 1.54) is 77.0 Å². The second-order valence-corrected chi connectivity index (χ2v) is 7.75. The summed E-state index contributed by atoms with van der Waals surface area (Å²) in [6, 6.07) is 0.505. The first-order valence-electron chi connectivity index (χ1n) is 8.83. The molecule has 2 aliphatic carbocycles. The summed E-state index contributed by atoms with van der Waals surface area (Å²) in [5, 5.41) is 4.04. The smallest absolute Gasteiger partial charge is 0.0708 e. The predicted molar refractivity (Wildman–Crippen MR) is 84.4 cm³/mol.